The molecule has 0 fully saturated rings. The second-order valence-electron chi connectivity index (χ2n) is 13.7. The molecule has 8 aromatic rings. The number of nitrogens with one attached hydrogen (secondary N) is 2. The number of benzene rings is 4. The minimum absolute atomic E-state index is 0.321. The lowest BCUT2D eigenvalue weighted by atomic mass is 10.0. The summed E-state index contributed by atoms with van der Waals surface area (Å²) >= 11 is 3.48. The van der Waals surface area contributed by atoms with Crippen molar-refractivity contribution in [3.8, 4) is 11.1 Å². The van der Waals surface area contributed by atoms with Crippen LogP contribution < -0.4 is 10.6 Å². The van der Waals surface area contributed by atoms with E-state index in [0.29, 0.717) is 11.8 Å². The van der Waals surface area contributed by atoms with Gasteiger partial charge in [0.25, 0.3) is 0 Å². The van der Waals surface area contributed by atoms with Crippen LogP contribution in [0.5, 0.6) is 0 Å². The largest absolute Gasteiger partial charge is 0.354 e. The fraction of sp³-hybridized carbons (Fsp3) is 0.130. The Bertz CT molecular complexity index is 2390. The molecule has 4 heterocycles. The van der Waals surface area contributed by atoms with E-state index in [2.05, 4.69) is 157 Å². The zero-order valence-electron chi connectivity index (χ0n) is 30.6. The van der Waals surface area contributed by atoms with Crippen LogP contribution in [0.25, 0.3) is 33.2 Å². The van der Waals surface area contributed by atoms with E-state index < -0.39 is 0 Å². The van der Waals surface area contributed by atoms with E-state index in [0.717, 1.165) is 77.1 Å². The van der Waals surface area contributed by atoms with Crippen molar-refractivity contribution in [2.45, 2.75) is 59.1 Å². The zero-order chi connectivity index (χ0) is 37.0. The van der Waals surface area contributed by atoms with Crippen LogP contribution in [0, 0.1) is 0 Å². The van der Waals surface area contributed by atoms with Crippen molar-refractivity contribution in [2.24, 2.45) is 0 Å². The van der Waals surface area contributed by atoms with Gasteiger partial charge in [-0.2, -0.15) is 0 Å². The van der Waals surface area contributed by atoms with Crippen LogP contribution in [0.15, 0.2) is 165 Å². The third-order valence-corrected chi connectivity index (χ3v) is 11.4. The van der Waals surface area contributed by atoms with Gasteiger partial charge in [0.05, 0.1) is 22.7 Å². The minimum Gasteiger partial charge on any atom is -0.354 e. The van der Waals surface area contributed by atoms with E-state index in [-0.39, 0.29) is 0 Å². The third-order valence-electron chi connectivity index (χ3n) is 9.21. The zero-order valence-corrected chi connectivity index (χ0v) is 32.2. The Labute approximate surface area is 324 Å². The molecule has 8 rings (SSSR count). The average Bonchev–Trinajstić information content (AvgIpc) is 3.19. The maximum Gasteiger partial charge on any atom is 0.161 e. The highest BCUT2D eigenvalue weighted by Crippen LogP contribution is 2.42. The highest BCUT2D eigenvalue weighted by Gasteiger charge is 2.15. The number of pyridine rings is 4. The average molecular weight is 741 g/mol. The summed E-state index contributed by atoms with van der Waals surface area (Å²) in [6.45, 7) is 8.62. The summed E-state index contributed by atoms with van der Waals surface area (Å²) in [5, 5.41) is 9.55. The second kappa shape index (κ2) is 15.7. The molecule has 0 amide bonds. The van der Waals surface area contributed by atoms with E-state index in [1.165, 1.54) is 9.79 Å². The van der Waals surface area contributed by atoms with Gasteiger partial charge >= 0.3 is 0 Å². The van der Waals surface area contributed by atoms with Gasteiger partial charge in [-0.25, -0.2) is 19.9 Å². The molecule has 6 nitrogen and oxygen atoms in total. The van der Waals surface area contributed by atoms with Crippen LogP contribution >= 0.6 is 23.5 Å². The molecular formula is C46H40N6S2. The summed E-state index contributed by atoms with van der Waals surface area (Å²) < 4.78 is 0. The van der Waals surface area contributed by atoms with Crippen molar-refractivity contribution in [1.29, 1.82) is 0 Å². The van der Waals surface area contributed by atoms with Gasteiger partial charge in [-0.3, -0.25) is 0 Å². The van der Waals surface area contributed by atoms with Crippen LogP contribution in [0.3, 0.4) is 0 Å². The van der Waals surface area contributed by atoms with Gasteiger partial charge in [0.2, 0.25) is 0 Å². The molecule has 0 atom stereocenters. The SMILES string of the molecule is CC(C)c1ccc2c(Nc3cc(-c4ccc(Sc5ccccc5)c(Nc5ccnc6nc(C(C)C)ccc56)c4)ccc3Sc3ccccc3)ccnc2n1. The summed E-state index contributed by atoms with van der Waals surface area (Å²) in [6.07, 6.45) is 3.66. The van der Waals surface area contributed by atoms with E-state index in [1.807, 2.05) is 36.7 Å². The van der Waals surface area contributed by atoms with Crippen LogP contribution in [-0.2, 0) is 0 Å². The van der Waals surface area contributed by atoms with Gasteiger partial charge in [-0.1, -0.05) is 99.7 Å². The van der Waals surface area contributed by atoms with Crippen molar-refractivity contribution in [2.75, 3.05) is 10.6 Å². The number of hydrogen-bond acceptors (Lipinski definition) is 8. The molecule has 4 aromatic heterocycles. The lowest BCUT2D eigenvalue weighted by Gasteiger charge is -2.18. The molecule has 8 heteroatoms. The first kappa shape index (κ1) is 35.3. The van der Waals surface area contributed by atoms with Crippen LogP contribution in [0.1, 0.15) is 50.9 Å². The molecule has 0 aliphatic rings. The standard InChI is InChI=1S/C46H40N6S2/c1-29(2)37-19-17-35-39(23-25-47-45(35)51-37)49-41-27-31(15-21-43(41)53-33-11-7-5-8-12-33)32-16-22-44(54-34-13-9-6-10-14-34)42(28-32)50-40-24-26-48-46-36(40)18-20-38(52-46)30(3)4/h5-30H,1-4H3,(H,47,49,51)(H,48,50,52). The molecule has 0 saturated heterocycles. The fourth-order valence-corrected chi connectivity index (χ4v) is 8.07. The number of rotatable bonds is 11. The van der Waals surface area contributed by atoms with Gasteiger partial charge in [0.15, 0.2) is 11.3 Å². The molecule has 0 aliphatic heterocycles. The molecule has 0 unspecified atom stereocenters. The number of anilines is 4. The normalized spacial score (nSPS) is 11.4. The maximum absolute atomic E-state index is 4.87. The van der Waals surface area contributed by atoms with Gasteiger partial charge in [0, 0.05) is 54.1 Å². The second-order valence-corrected chi connectivity index (χ2v) is 16.0. The highest BCUT2D eigenvalue weighted by atomic mass is 32.2. The highest BCUT2D eigenvalue weighted by molar-refractivity contribution is 7.99. The molecule has 0 bridgehead atoms. The molecule has 0 radical (unpaired) electrons. The van der Waals surface area contributed by atoms with Crippen molar-refractivity contribution in [1.82, 2.24) is 19.9 Å². The molecule has 4 aromatic carbocycles. The monoisotopic (exact) mass is 740 g/mol. The molecule has 266 valence electrons. The van der Waals surface area contributed by atoms with Crippen LogP contribution in [-0.4, -0.2) is 19.9 Å². The summed E-state index contributed by atoms with van der Waals surface area (Å²) in [6, 6.07) is 46.8. The van der Waals surface area contributed by atoms with E-state index in [4.69, 9.17) is 9.97 Å². The predicted octanol–water partition coefficient (Wildman–Crippen LogP) is 13.3. The Kier molecular flexibility index (Phi) is 10.3. The summed E-state index contributed by atoms with van der Waals surface area (Å²) in [7, 11) is 0. The van der Waals surface area contributed by atoms with Crippen molar-refractivity contribution >= 4 is 68.3 Å². The molecule has 0 saturated carbocycles. The van der Waals surface area contributed by atoms with Crippen molar-refractivity contribution < 1.29 is 0 Å². The van der Waals surface area contributed by atoms with E-state index in [9.17, 15) is 0 Å². The number of aromatic nitrogens is 4. The minimum atomic E-state index is 0.321. The van der Waals surface area contributed by atoms with Gasteiger partial charge < -0.3 is 10.6 Å². The molecule has 0 spiro atoms. The number of fused-ring (bicyclic) bond motifs is 2. The van der Waals surface area contributed by atoms with Crippen molar-refractivity contribution in [3.63, 3.8) is 0 Å². The topological polar surface area (TPSA) is 75.6 Å². The van der Waals surface area contributed by atoms with E-state index >= 15 is 0 Å². The molecule has 2 N–H and O–H groups in total. The molecule has 0 aliphatic carbocycles. The fourth-order valence-electron chi connectivity index (χ4n) is 6.26. The van der Waals surface area contributed by atoms with Crippen LogP contribution in [0.4, 0.5) is 22.7 Å². The third kappa shape index (κ3) is 7.81. The maximum atomic E-state index is 4.87. The number of nitrogens with zero attached hydrogens (tertiary/aromatic N) is 4. The summed E-state index contributed by atoms with van der Waals surface area (Å²) in [5.41, 5.74) is 9.66. The lowest BCUT2D eigenvalue weighted by Crippen LogP contribution is -1.99. The molecular weight excluding hydrogens is 701 g/mol. The Balaban J connectivity index is 1.21. The van der Waals surface area contributed by atoms with Crippen molar-refractivity contribution in [3.05, 3.63) is 157 Å². The Hall–Kier alpha value is -5.70. The first-order valence-electron chi connectivity index (χ1n) is 18.2. The quantitative estimate of drug-likeness (QED) is 0.136. The first-order valence-corrected chi connectivity index (χ1v) is 19.8. The van der Waals surface area contributed by atoms with E-state index in [1.54, 1.807) is 23.5 Å². The smallest absolute Gasteiger partial charge is 0.161 e. The lowest BCUT2D eigenvalue weighted by molar-refractivity contribution is 0.828. The summed E-state index contributed by atoms with van der Waals surface area (Å²) in [4.78, 5) is 23.6. The van der Waals surface area contributed by atoms with Gasteiger partial charge in [-0.15, -0.1) is 0 Å². The summed E-state index contributed by atoms with van der Waals surface area (Å²) in [5.74, 6) is 0.642. The predicted molar refractivity (Wildman–Crippen MR) is 227 cm³/mol. The first-order chi connectivity index (χ1) is 26.4. The molecule has 54 heavy (non-hydrogen) atoms. The van der Waals surface area contributed by atoms with Gasteiger partial charge in [0.1, 0.15) is 0 Å². The number of hydrogen-bond donors (Lipinski definition) is 2. The Morgan fingerprint density at radius 3 is 1.28 bits per heavy atom. The van der Waals surface area contributed by atoms with Gasteiger partial charge in [-0.05, 0) is 108 Å². The Morgan fingerprint density at radius 2 is 0.870 bits per heavy atom. The van der Waals surface area contributed by atoms with Crippen LogP contribution in [0.2, 0.25) is 0 Å². The Morgan fingerprint density at radius 1 is 0.444 bits per heavy atom.